The smallest absolute Gasteiger partial charge is 0.408 e. The third-order valence-corrected chi connectivity index (χ3v) is 7.64. The van der Waals surface area contributed by atoms with Gasteiger partial charge in [-0.3, -0.25) is 24.0 Å². The van der Waals surface area contributed by atoms with Gasteiger partial charge in [-0.1, -0.05) is 38.7 Å². The van der Waals surface area contributed by atoms with Crippen molar-refractivity contribution in [3.8, 4) is 0 Å². The number of Topliss-reactive ketones (excluding diaryl/α,β-unsaturated/α-hetero) is 1. The Morgan fingerprint density at radius 3 is 2.12 bits per heavy atom. The van der Waals surface area contributed by atoms with Crippen LogP contribution in [0.4, 0.5) is 4.79 Å². The lowest BCUT2D eigenvalue weighted by Gasteiger charge is -2.34. The molecule has 0 aromatic carbocycles. The van der Waals surface area contributed by atoms with Crippen molar-refractivity contribution in [2.75, 3.05) is 6.54 Å². The van der Waals surface area contributed by atoms with E-state index in [9.17, 15) is 28.8 Å². The number of nitrogens with zero attached hydrogens (tertiary/aromatic N) is 1. The maximum absolute atomic E-state index is 13.9. The first-order valence-corrected chi connectivity index (χ1v) is 14.6. The molecule has 11 heteroatoms. The summed E-state index contributed by atoms with van der Waals surface area (Å²) in [5.74, 6) is -3.19. The first-order valence-electron chi connectivity index (χ1n) is 14.6. The van der Waals surface area contributed by atoms with Crippen molar-refractivity contribution in [1.82, 2.24) is 15.5 Å². The Kier molecular flexibility index (Phi) is 12.1. The maximum Gasteiger partial charge on any atom is 0.408 e. The van der Waals surface area contributed by atoms with Gasteiger partial charge in [0, 0.05) is 13.0 Å². The van der Waals surface area contributed by atoms with Gasteiger partial charge >= 0.3 is 6.09 Å². The maximum atomic E-state index is 13.9. The first kappa shape index (κ1) is 34.0. The fourth-order valence-corrected chi connectivity index (χ4v) is 5.41. The molecule has 0 aromatic heterocycles. The summed E-state index contributed by atoms with van der Waals surface area (Å²) in [5.41, 5.74) is 5.29. The average molecular weight is 577 g/mol. The number of carbonyl (C=O) groups is 6. The lowest BCUT2D eigenvalue weighted by atomic mass is 9.80. The van der Waals surface area contributed by atoms with Gasteiger partial charge in [0.15, 0.2) is 5.78 Å². The van der Waals surface area contributed by atoms with E-state index in [2.05, 4.69) is 10.6 Å². The van der Waals surface area contributed by atoms with Gasteiger partial charge in [-0.2, -0.15) is 0 Å². The lowest BCUT2D eigenvalue weighted by Crippen LogP contribution is -2.58. The van der Waals surface area contributed by atoms with Gasteiger partial charge in [-0.15, -0.1) is 0 Å². The van der Waals surface area contributed by atoms with Crippen LogP contribution < -0.4 is 16.4 Å². The second-order valence-corrected chi connectivity index (χ2v) is 12.9. The molecule has 0 bridgehead atoms. The van der Waals surface area contributed by atoms with E-state index in [-0.39, 0.29) is 42.9 Å². The Morgan fingerprint density at radius 1 is 1.00 bits per heavy atom. The van der Waals surface area contributed by atoms with Crippen LogP contribution in [0.5, 0.6) is 0 Å². The summed E-state index contributed by atoms with van der Waals surface area (Å²) in [7, 11) is 0. The van der Waals surface area contributed by atoms with Crippen LogP contribution in [0.1, 0.15) is 93.4 Å². The topological polar surface area (TPSA) is 165 Å². The molecule has 4 N–H and O–H groups in total. The van der Waals surface area contributed by atoms with Crippen LogP contribution in [0.2, 0.25) is 0 Å². The van der Waals surface area contributed by atoms with Crippen LogP contribution in [-0.2, 0) is 28.7 Å². The minimum Gasteiger partial charge on any atom is -0.444 e. The van der Waals surface area contributed by atoms with E-state index in [0.717, 1.165) is 24.8 Å². The Balaban J connectivity index is 2.32. The minimum atomic E-state index is -1.11. The van der Waals surface area contributed by atoms with Crippen LogP contribution in [0.3, 0.4) is 0 Å². The highest BCUT2D eigenvalue weighted by Gasteiger charge is 2.46. The molecule has 0 radical (unpaired) electrons. The number of likely N-dealkylation sites (tertiary alicyclic amines) is 1. The quantitative estimate of drug-likeness (QED) is 0.224. The summed E-state index contributed by atoms with van der Waals surface area (Å²) < 4.78 is 5.36. The molecule has 0 spiro atoms. The van der Waals surface area contributed by atoms with Crippen LogP contribution in [0, 0.1) is 17.8 Å². The predicted octanol–water partition coefficient (Wildman–Crippen LogP) is 2.80. The van der Waals surface area contributed by atoms with E-state index in [1.54, 1.807) is 34.6 Å². The SMILES string of the molecule is CC(C)=CC(=O)CC[C@H](NC(=O)OC(C)(C)C)C(=O)N1CCC(C(C)C)[C@H]1C(=O)NC(CC1CCC1)C(=O)C(N)=O. The number of hydrogen-bond acceptors (Lipinski definition) is 7. The van der Waals surface area contributed by atoms with Crippen molar-refractivity contribution < 1.29 is 33.5 Å². The largest absolute Gasteiger partial charge is 0.444 e. The van der Waals surface area contributed by atoms with Crippen LogP contribution in [0.15, 0.2) is 11.6 Å². The van der Waals surface area contributed by atoms with E-state index < -0.39 is 53.3 Å². The number of ether oxygens (including phenoxy) is 1. The van der Waals surface area contributed by atoms with Gasteiger partial charge < -0.3 is 26.0 Å². The highest BCUT2D eigenvalue weighted by Crippen LogP contribution is 2.33. The molecule has 1 saturated heterocycles. The summed E-state index contributed by atoms with van der Waals surface area (Å²) in [6.07, 6.45) is 4.39. The van der Waals surface area contributed by atoms with Crippen LogP contribution in [-0.4, -0.2) is 70.6 Å². The predicted molar refractivity (Wildman–Crippen MR) is 153 cm³/mol. The number of alkyl carbamates (subject to hydrolysis) is 1. The van der Waals surface area contributed by atoms with E-state index in [4.69, 9.17) is 10.5 Å². The number of ketones is 2. The second-order valence-electron chi connectivity index (χ2n) is 12.9. The molecule has 2 rings (SSSR count). The minimum absolute atomic E-state index is 0.00622. The number of hydrogen-bond donors (Lipinski definition) is 3. The van der Waals surface area contributed by atoms with Crippen LogP contribution >= 0.6 is 0 Å². The molecule has 2 aliphatic rings. The monoisotopic (exact) mass is 576 g/mol. The van der Waals surface area contributed by atoms with Crippen molar-refractivity contribution in [2.24, 2.45) is 23.5 Å². The van der Waals surface area contributed by atoms with Gasteiger partial charge in [0.2, 0.25) is 17.6 Å². The van der Waals surface area contributed by atoms with Gasteiger partial charge in [-0.25, -0.2) is 4.79 Å². The van der Waals surface area contributed by atoms with E-state index in [1.165, 1.54) is 11.0 Å². The molecule has 230 valence electrons. The number of rotatable bonds is 13. The Labute approximate surface area is 243 Å². The molecule has 1 saturated carbocycles. The first-order chi connectivity index (χ1) is 19.0. The number of amides is 4. The van der Waals surface area contributed by atoms with E-state index >= 15 is 0 Å². The Morgan fingerprint density at radius 2 is 1.63 bits per heavy atom. The highest BCUT2D eigenvalue weighted by atomic mass is 16.6. The summed E-state index contributed by atoms with van der Waals surface area (Å²) in [5, 5.41) is 5.34. The molecule has 1 aliphatic heterocycles. The zero-order valence-corrected chi connectivity index (χ0v) is 25.6. The number of nitrogens with one attached hydrogen (secondary N) is 2. The third-order valence-electron chi connectivity index (χ3n) is 7.64. The number of allylic oxidation sites excluding steroid dienone is 2. The molecule has 2 unspecified atom stereocenters. The Hall–Kier alpha value is -3.24. The van der Waals surface area contributed by atoms with E-state index in [1.807, 2.05) is 13.8 Å². The molecular formula is C30H48N4O7. The second kappa shape index (κ2) is 14.6. The summed E-state index contributed by atoms with van der Waals surface area (Å²) >= 11 is 0. The average Bonchev–Trinajstić information content (AvgIpc) is 3.26. The molecule has 4 atom stereocenters. The number of nitrogens with two attached hydrogens (primary N) is 1. The zero-order chi connectivity index (χ0) is 31.1. The van der Waals surface area contributed by atoms with Crippen molar-refractivity contribution in [3.05, 3.63) is 11.6 Å². The van der Waals surface area contributed by atoms with Gasteiger partial charge in [0.25, 0.3) is 5.91 Å². The standard InChI is InChI=1S/C30H48N4O7/c1-17(2)15-20(35)11-12-22(33-29(40)41-30(5,6)7)28(39)34-14-13-21(18(3)4)24(34)27(38)32-23(25(36)26(31)37)16-19-9-8-10-19/h15,18-19,21-24H,8-14,16H2,1-7H3,(H2,31,37)(H,32,38)(H,33,40)/t21?,22-,23?,24-/m0/s1. The molecule has 2 fully saturated rings. The summed E-state index contributed by atoms with van der Waals surface area (Å²) in [6.45, 7) is 12.8. The van der Waals surface area contributed by atoms with Gasteiger partial charge in [0.1, 0.15) is 17.7 Å². The molecular weight excluding hydrogens is 528 g/mol. The Bertz CT molecular complexity index is 1040. The molecule has 0 aromatic rings. The molecule has 41 heavy (non-hydrogen) atoms. The fourth-order valence-electron chi connectivity index (χ4n) is 5.41. The van der Waals surface area contributed by atoms with Crippen LogP contribution in [0.25, 0.3) is 0 Å². The zero-order valence-electron chi connectivity index (χ0n) is 25.6. The molecule has 1 aliphatic carbocycles. The third kappa shape index (κ3) is 10.3. The van der Waals surface area contributed by atoms with Crippen molar-refractivity contribution in [1.29, 1.82) is 0 Å². The normalized spacial score (nSPS) is 20.4. The number of primary amides is 1. The lowest BCUT2D eigenvalue weighted by molar-refractivity contribution is -0.143. The van der Waals surface area contributed by atoms with Crippen molar-refractivity contribution >= 4 is 35.4 Å². The fraction of sp³-hybridized carbons (Fsp3) is 0.733. The van der Waals surface area contributed by atoms with Crippen molar-refractivity contribution in [2.45, 2.75) is 117 Å². The van der Waals surface area contributed by atoms with Gasteiger partial charge in [0.05, 0.1) is 6.04 Å². The van der Waals surface area contributed by atoms with Crippen molar-refractivity contribution in [3.63, 3.8) is 0 Å². The highest BCUT2D eigenvalue weighted by molar-refractivity contribution is 6.37. The molecule has 1 heterocycles. The number of carbonyl (C=O) groups excluding carboxylic acids is 6. The van der Waals surface area contributed by atoms with E-state index in [0.29, 0.717) is 12.8 Å². The molecule has 4 amide bonds. The summed E-state index contributed by atoms with van der Waals surface area (Å²) in [4.78, 5) is 78.5. The summed E-state index contributed by atoms with van der Waals surface area (Å²) in [6, 6.07) is -3.10. The van der Waals surface area contributed by atoms with Gasteiger partial charge in [-0.05, 0) is 77.7 Å². The molecule has 11 nitrogen and oxygen atoms in total.